The number of hydrogen-bond acceptors (Lipinski definition) is 6. The number of rotatable bonds is 7. The Morgan fingerprint density at radius 3 is 2.97 bits per heavy atom. The van der Waals surface area contributed by atoms with E-state index in [2.05, 4.69) is 74.1 Å². The van der Waals surface area contributed by atoms with E-state index in [9.17, 15) is 0 Å². The third kappa shape index (κ3) is 5.99. The molecule has 2 aromatic heterocycles. The van der Waals surface area contributed by atoms with Crippen molar-refractivity contribution in [3.63, 3.8) is 0 Å². The van der Waals surface area contributed by atoms with Crippen molar-refractivity contribution in [2.45, 2.75) is 26.8 Å². The minimum Gasteiger partial charge on any atom is -0.325 e. The molecule has 2 aliphatic heterocycles. The van der Waals surface area contributed by atoms with Crippen molar-refractivity contribution in [3.8, 4) is 0 Å². The zero-order valence-electron chi connectivity index (χ0n) is 18.3. The van der Waals surface area contributed by atoms with Gasteiger partial charge in [-0.25, -0.2) is 9.98 Å². The van der Waals surface area contributed by atoms with Gasteiger partial charge in [0, 0.05) is 56.4 Å². The number of aromatic nitrogens is 3. The number of anilines is 1. The van der Waals surface area contributed by atoms with E-state index < -0.39 is 0 Å². The van der Waals surface area contributed by atoms with Crippen molar-refractivity contribution < 1.29 is 0 Å². The zero-order valence-corrected chi connectivity index (χ0v) is 18.3. The molecular weight excluding hydrogens is 386 g/mol. The molecule has 2 aliphatic rings. The summed E-state index contributed by atoms with van der Waals surface area (Å²) in [5, 5.41) is 13.7. The van der Waals surface area contributed by atoms with Gasteiger partial charge < -0.3 is 10.6 Å². The van der Waals surface area contributed by atoms with Crippen LogP contribution < -0.4 is 10.6 Å². The van der Waals surface area contributed by atoms with Crippen LogP contribution in [0.1, 0.15) is 31.4 Å². The molecule has 162 valence electrons. The average molecular weight is 418 g/mol. The molecule has 2 aromatic rings. The lowest BCUT2D eigenvalue weighted by atomic mass is 9.99. The largest absolute Gasteiger partial charge is 0.325 e. The number of hydrogen-bond donors (Lipinski definition) is 3. The smallest absolute Gasteiger partial charge is 0.131 e. The van der Waals surface area contributed by atoms with Crippen molar-refractivity contribution in [1.82, 2.24) is 25.4 Å². The van der Waals surface area contributed by atoms with Crippen LogP contribution in [0.15, 0.2) is 65.8 Å². The molecule has 0 bridgehead atoms. The minimum absolute atomic E-state index is 0.409. The number of nitrogens with one attached hydrogen (secondary N) is 3. The molecule has 0 amide bonds. The minimum atomic E-state index is 0.409. The van der Waals surface area contributed by atoms with Crippen LogP contribution in [0.2, 0.25) is 0 Å². The summed E-state index contributed by atoms with van der Waals surface area (Å²) in [7, 11) is 0. The number of allylic oxidation sites excluding steroid dienone is 5. The lowest BCUT2D eigenvalue weighted by Crippen LogP contribution is -2.42. The Hall–Kier alpha value is -3.03. The van der Waals surface area contributed by atoms with Gasteiger partial charge in [-0.05, 0) is 54.7 Å². The molecule has 1 fully saturated rings. The first-order valence-electron chi connectivity index (χ1n) is 11.0. The third-order valence-corrected chi connectivity index (χ3v) is 5.53. The second-order valence-electron chi connectivity index (χ2n) is 8.10. The number of piperazine rings is 1. The quantitative estimate of drug-likeness (QED) is 0.600. The fourth-order valence-electron chi connectivity index (χ4n) is 3.92. The van der Waals surface area contributed by atoms with Gasteiger partial charge in [-0.2, -0.15) is 5.10 Å². The molecule has 0 radical (unpaired) electrons. The summed E-state index contributed by atoms with van der Waals surface area (Å²) in [6, 6.07) is 4.22. The Morgan fingerprint density at radius 2 is 2.19 bits per heavy atom. The number of H-pyrrole nitrogens is 1. The molecule has 1 saturated heterocycles. The summed E-state index contributed by atoms with van der Waals surface area (Å²) in [4.78, 5) is 11.8. The topological polar surface area (TPSA) is 81.2 Å². The Morgan fingerprint density at radius 1 is 1.32 bits per heavy atom. The first-order chi connectivity index (χ1) is 15.2. The SMILES string of the molecule is C/C=C(\C=C/C1=NC(Nc2cc(CN3CCNCC3)ccn2)=CC(C)C1)c1cn[nH]c1. The maximum Gasteiger partial charge on any atom is 0.131 e. The van der Waals surface area contributed by atoms with Gasteiger partial charge in [-0.15, -0.1) is 0 Å². The summed E-state index contributed by atoms with van der Waals surface area (Å²) in [6.07, 6.45) is 15.0. The summed E-state index contributed by atoms with van der Waals surface area (Å²) < 4.78 is 0. The highest BCUT2D eigenvalue weighted by molar-refractivity contribution is 5.98. The first kappa shape index (κ1) is 21.2. The molecule has 0 aromatic carbocycles. The van der Waals surface area contributed by atoms with Crippen molar-refractivity contribution in [2.24, 2.45) is 10.9 Å². The molecule has 3 N–H and O–H groups in total. The number of pyridine rings is 1. The van der Waals surface area contributed by atoms with Crippen LogP contribution >= 0.6 is 0 Å². The van der Waals surface area contributed by atoms with Crippen molar-refractivity contribution in [2.75, 3.05) is 31.5 Å². The number of aliphatic imine (C=N–C) groups is 1. The lowest BCUT2D eigenvalue weighted by molar-refractivity contribution is 0.233. The normalized spacial score (nSPS) is 20.6. The second-order valence-corrected chi connectivity index (χ2v) is 8.10. The van der Waals surface area contributed by atoms with Gasteiger partial charge in [0.2, 0.25) is 0 Å². The molecule has 1 atom stereocenters. The predicted molar refractivity (Wildman–Crippen MR) is 127 cm³/mol. The van der Waals surface area contributed by atoms with Crippen LogP contribution in [0, 0.1) is 5.92 Å². The van der Waals surface area contributed by atoms with Crippen molar-refractivity contribution >= 4 is 17.1 Å². The highest BCUT2D eigenvalue weighted by Gasteiger charge is 2.14. The van der Waals surface area contributed by atoms with Gasteiger partial charge in [-0.1, -0.05) is 19.1 Å². The molecule has 31 heavy (non-hydrogen) atoms. The monoisotopic (exact) mass is 417 g/mol. The van der Waals surface area contributed by atoms with Crippen LogP contribution in [0.5, 0.6) is 0 Å². The lowest BCUT2D eigenvalue weighted by Gasteiger charge is -2.27. The number of aromatic amines is 1. The van der Waals surface area contributed by atoms with E-state index >= 15 is 0 Å². The van der Waals surface area contributed by atoms with Crippen LogP contribution in [0.3, 0.4) is 0 Å². The van der Waals surface area contributed by atoms with Gasteiger partial charge >= 0.3 is 0 Å². The van der Waals surface area contributed by atoms with Gasteiger partial charge in [0.25, 0.3) is 0 Å². The predicted octanol–water partition coefficient (Wildman–Crippen LogP) is 3.60. The average Bonchev–Trinajstić information content (AvgIpc) is 3.30. The van der Waals surface area contributed by atoms with Gasteiger partial charge in [0.05, 0.1) is 6.20 Å². The van der Waals surface area contributed by atoms with E-state index in [1.165, 1.54) is 5.56 Å². The Bertz CT molecular complexity index is 979. The third-order valence-electron chi connectivity index (χ3n) is 5.53. The standard InChI is InChI=1S/C24H31N7/c1-3-20(21-15-27-28-16-21)4-5-22-12-18(2)13-24(29-22)30-23-14-19(6-7-26-23)17-31-10-8-25-9-11-31/h3-7,13-16,18,25H,8-12,17H2,1-2H3,(H,26,30)(H,27,28)/b5-4-,20-3+. The van der Waals surface area contributed by atoms with E-state index in [-0.39, 0.29) is 0 Å². The maximum absolute atomic E-state index is 4.83. The summed E-state index contributed by atoms with van der Waals surface area (Å²) >= 11 is 0. The summed E-state index contributed by atoms with van der Waals surface area (Å²) in [5.74, 6) is 2.11. The second kappa shape index (κ2) is 10.3. The van der Waals surface area contributed by atoms with E-state index in [0.717, 1.165) is 67.6 Å². The van der Waals surface area contributed by atoms with Gasteiger partial charge in [-0.3, -0.25) is 10.00 Å². The zero-order chi connectivity index (χ0) is 21.5. The van der Waals surface area contributed by atoms with Crippen molar-refractivity contribution in [1.29, 1.82) is 0 Å². The maximum atomic E-state index is 4.83. The van der Waals surface area contributed by atoms with Gasteiger partial charge in [0.15, 0.2) is 0 Å². The molecule has 0 aliphatic carbocycles. The van der Waals surface area contributed by atoms with E-state index in [0.29, 0.717) is 5.92 Å². The highest BCUT2D eigenvalue weighted by atomic mass is 15.2. The van der Waals surface area contributed by atoms with Crippen molar-refractivity contribution in [3.05, 3.63) is 72.0 Å². The molecule has 0 saturated carbocycles. The molecular formula is C24H31N7. The first-order valence-corrected chi connectivity index (χ1v) is 11.0. The number of nitrogens with zero attached hydrogens (tertiary/aromatic N) is 4. The van der Waals surface area contributed by atoms with E-state index in [4.69, 9.17) is 4.99 Å². The molecule has 4 rings (SSSR count). The van der Waals surface area contributed by atoms with E-state index in [1.807, 2.05) is 25.5 Å². The Labute approximate surface area is 184 Å². The molecule has 1 unspecified atom stereocenters. The molecule has 7 heteroatoms. The Balaban J connectivity index is 1.43. The van der Waals surface area contributed by atoms with Crippen LogP contribution in [-0.4, -0.2) is 52.0 Å². The van der Waals surface area contributed by atoms with E-state index in [1.54, 1.807) is 0 Å². The summed E-state index contributed by atoms with van der Waals surface area (Å²) in [5.41, 5.74) is 4.51. The highest BCUT2D eigenvalue weighted by Crippen LogP contribution is 2.21. The fourth-order valence-corrected chi connectivity index (χ4v) is 3.92. The molecule has 7 nitrogen and oxygen atoms in total. The summed E-state index contributed by atoms with van der Waals surface area (Å²) in [6.45, 7) is 9.48. The molecule has 4 heterocycles. The Kier molecular flexibility index (Phi) is 7.07. The van der Waals surface area contributed by atoms with Crippen LogP contribution in [-0.2, 0) is 6.54 Å². The van der Waals surface area contributed by atoms with Crippen LogP contribution in [0.4, 0.5) is 5.82 Å². The van der Waals surface area contributed by atoms with Crippen LogP contribution in [0.25, 0.3) is 5.57 Å². The fraction of sp³-hybridized carbons (Fsp3) is 0.375. The van der Waals surface area contributed by atoms with Gasteiger partial charge in [0.1, 0.15) is 11.6 Å². The molecule has 0 spiro atoms.